The van der Waals surface area contributed by atoms with E-state index in [1.54, 1.807) is 12.1 Å². The third kappa shape index (κ3) is 4.43. The number of aromatic nitrogens is 4. The van der Waals surface area contributed by atoms with Crippen LogP contribution in [0.5, 0.6) is 0 Å². The third-order valence-corrected chi connectivity index (χ3v) is 6.76. The summed E-state index contributed by atoms with van der Waals surface area (Å²) >= 11 is 1.36. The van der Waals surface area contributed by atoms with E-state index in [-0.39, 0.29) is 23.2 Å². The normalized spacial score (nSPS) is 12.3. The first kappa shape index (κ1) is 22.1. The Morgan fingerprint density at radius 1 is 1.06 bits per heavy atom. The third-order valence-electron chi connectivity index (χ3n) is 5.49. The molecule has 1 unspecified atom stereocenters. The van der Waals surface area contributed by atoms with Crippen LogP contribution in [0.3, 0.4) is 0 Å². The van der Waals surface area contributed by atoms with Gasteiger partial charge in [0.1, 0.15) is 5.52 Å². The second-order valence-electron chi connectivity index (χ2n) is 7.85. The van der Waals surface area contributed by atoms with Gasteiger partial charge >= 0.3 is 0 Å². The fourth-order valence-corrected chi connectivity index (χ4v) is 4.77. The van der Waals surface area contributed by atoms with Gasteiger partial charge in [-0.1, -0.05) is 62.0 Å². The molecule has 2 aromatic heterocycles. The monoisotopic (exact) mass is 446 g/mol. The SMILES string of the molecule is CCCn1c2ccccc2c2nnc(SC(CC)C(=O)Cc3cccc(C(C)=O)c3)nc21. The molecule has 0 aliphatic carbocycles. The van der Waals surface area contributed by atoms with Crippen LogP contribution in [-0.2, 0) is 17.8 Å². The molecule has 4 rings (SSSR count). The highest BCUT2D eigenvalue weighted by molar-refractivity contribution is 8.00. The lowest BCUT2D eigenvalue weighted by Gasteiger charge is -2.13. The molecule has 32 heavy (non-hydrogen) atoms. The van der Waals surface area contributed by atoms with Crippen LogP contribution in [0.1, 0.15) is 49.5 Å². The summed E-state index contributed by atoms with van der Waals surface area (Å²) in [6, 6.07) is 15.4. The Balaban J connectivity index is 1.60. The average molecular weight is 447 g/mol. The summed E-state index contributed by atoms with van der Waals surface area (Å²) in [5, 5.41) is 10.1. The molecule has 0 spiro atoms. The molecule has 6 nitrogen and oxygen atoms in total. The van der Waals surface area contributed by atoms with E-state index in [1.165, 1.54) is 18.7 Å². The van der Waals surface area contributed by atoms with Crippen molar-refractivity contribution in [3.63, 3.8) is 0 Å². The van der Waals surface area contributed by atoms with Crippen LogP contribution < -0.4 is 0 Å². The molecule has 0 radical (unpaired) electrons. The lowest BCUT2D eigenvalue weighted by molar-refractivity contribution is -0.118. The summed E-state index contributed by atoms with van der Waals surface area (Å²) in [4.78, 5) is 29.5. The van der Waals surface area contributed by atoms with Gasteiger partial charge in [-0.15, -0.1) is 10.2 Å². The number of hydrogen-bond acceptors (Lipinski definition) is 6. The molecule has 7 heteroatoms. The molecule has 0 amide bonds. The number of nitrogens with zero attached hydrogens (tertiary/aromatic N) is 4. The maximum absolute atomic E-state index is 13.0. The van der Waals surface area contributed by atoms with Crippen molar-refractivity contribution in [3.8, 4) is 0 Å². The molecule has 0 fully saturated rings. The summed E-state index contributed by atoms with van der Waals surface area (Å²) in [5.74, 6) is 0.0898. The van der Waals surface area contributed by atoms with Crippen LogP contribution in [0.15, 0.2) is 53.7 Å². The zero-order valence-corrected chi connectivity index (χ0v) is 19.4. The fraction of sp³-hybridized carbons (Fsp3) is 0.320. The summed E-state index contributed by atoms with van der Waals surface area (Å²) in [5.41, 5.74) is 4.17. The molecular formula is C25H26N4O2S. The summed E-state index contributed by atoms with van der Waals surface area (Å²) < 4.78 is 2.18. The quantitative estimate of drug-likeness (QED) is 0.257. The van der Waals surface area contributed by atoms with Gasteiger partial charge < -0.3 is 4.57 Å². The van der Waals surface area contributed by atoms with Crippen LogP contribution in [-0.4, -0.2) is 36.6 Å². The van der Waals surface area contributed by atoms with E-state index >= 15 is 0 Å². The number of benzene rings is 2. The number of carbonyl (C=O) groups excluding carboxylic acids is 2. The Bertz CT molecular complexity index is 1300. The highest BCUT2D eigenvalue weighted by Crippen LogP contribution is 2.29. The van der Waals surface area contributed by atoms with Crippen molar-refractivity contribution in [2.24, 2.45) is 0 Å². The lowest BCUT2D eigenvalue weighted by atomic mass is 10.0. The predicted molar refractivity (Wildman–Crippen MR) is 128 cm³/mol. The zero-order valence-electron chi connectivity index (χ0n) is 18.5. The minimum atomic E-state index is -0.278. The molecule has 2 heterocycles. The fourth-order valence-electron chi connectivity index (χ4n) is 3.91. The van der Waals surface area contributed by atoms with Gasteiger partial charge in [0.2, 0.25) is 5.16 Å². The van der Waals surface area contributed by atoms with Crippen molar-refractivity contribution in [1.29, 1.82) is 0 Å². The second-order valence-corrected chi connectivity index (χ2v) is 9.02. The Hall–Kier alpha value is -3.06. The Morgan fingerprint density at radius 2 is 1.88 bits per heavy atom. The number of rotatable bonds is 9. The average Bonchev–Trinajstić information content (AvgIpc) is 3.11. The van der Waals surface area contributed by atoms with Crippen LogP contribution >= 0.6 is 11.8 Å². The minimum absolute atomic E-state index is 0.00374. The van der Waals surface area contributed by atoms with Gasteiger partial charge in [0.05, 0.1) is 10.8 Å². The molecule has 0 saturated carbocycles. The number of thioether (sulfide) groups is 1. The number of hydrogen-bond donors (Lipinski definition) is 0. The Labute approximate surface area is 191 Å². The van der Waals surface area contributed by atoms with Gasteiger partial charge in [0.25, 0.3) is 0 Å². The predicted octanol–water partition coefficient (Wildman–Crippen LogP) is 5.27. The minimum Gasteiger partial charge on any atom is -0.324 e. The van der Waals surface area contributed by atoms with Crippen molar-refractivity contribution in [2.75, 3.05) is 0 Å². The van der Waals surface area contributed by atoms with Gasteiger partial charge in [-0.2, -0.15) is 0 Å². The largest absolute Gasteiger partial charge is 0.324 e. The molecular weight excluding hydrogens is 420 g/mol. The van der Waals surface area contributed by atoms with Crippen molar-refractivity contribution in [2.45, 2.75) is 57.0 Å². The first-order valence-electron chi connectivity index (χ1n) is 10.9. The molecule has 0 aliphatic rings. The standard InChI is InChI=1S/C25H26N4O2S/c1-4-13-29-20-12-7-6-11-19(20)23-24(29)26-25(28-27-23)32-22(5-2)21(31)15-17-9-8-10-18(14-17)16(3)30/h6-12,14,22H,4-5,13,15H2,1-3H3. The van der Waals surface area contributed by atoms with E-state index < -0.39 is 0 Å². The number of ketones is 2. The topological polar surface area (TPSA) is 77.7 Å². The number of aryl methyl sites for hydroxylation is 1. The second kappa shape index (κ2) is 9.61. The summed E-state index contributed by atoms with van der Waals surface area (Å²) in [6.07, 6.45) is 1.92. The first-order valence-corrected chi connectivity index (χ1v) is 11.8. The van der Waals surface area contributed by atoms with E-state index in [2.05, 4.69) is 27.8 Å². The van der Waals surface area contributed by atoms with Gasteiger partial charge in [0.15, 0.2) is 17.2 Å². The molecule has 164 valence electrons. The highest BCUT2D eigenvalue weighted by Gasteiger charge is 2.22. The van der Waals surface area contributed by atoms with Crippen molar-refractivity contribution in [1.82, 2.24) is 19.7 Å². The van der Waals surface area contributed by atoms with Gasteiger partial charge in [0, 0.05) is 23.9 Å². The smallest absolute Gasteiger partial charge is 0.211 e. The molecule has 1 atom stereocenters. The van der Waals surface area contributed by atoms with Crippen LogP contribution in [0.2, 0.25) is 0 Å². The molecule has 0 aliphatic heterocycles. The van der Waals surface area contributed by atoms with E-state index in [9.17, 15) is 9.59 Å². The molecule has 2 aromatic carbocycles. The molecule has 0 bridgehead atoms. The maximum Gasteiger partial charge on any atom is 0.211 e. The van der Waals surface area contributed by atoms with Gasteiger partial charge in [-0.25, -0.2) is 4.98 Å². The van der Waals surface area contributed by atoms with Crippen molar-refractivity contribution >= 4 is 45.4 Å². The summed E-state index contributed by atoms with van der Waals surface area (Å²) in [7, 11) is 0. The highest BCUT2D eigenvalue weighted by atomic mass is 32.2. The van der Waals surface area contributed by atoms with Crippen molar-refractivity contribution in [3.05, 3.63) is 59.7 Å². The molecule has 0 saturated heterocycles. The number of fused-ring (bicyclic) bond motifs is 3. The first-order chi connectivity index (χ1) is 15.5. The Morgan fingerprint density at radius 3 is 2.62 bits per heavy atom. The maximum atomic E-state index is 13.0. The molecule has 4 aromatic rings. The van der Waals surface area contributed by atoms with E-state index in [0.717, 1.165) is 40.6 Å². The van der Waals surface area contributed by atoms with Gasteiger partial charge in [-0.3, -0.25) is 9.59 Å². The van der Waals surface area contributed by atoms with E-state index in [4.69, 9.17) is 4.98 Å². The van der Waals surface area contributed by atoms with E-state index in [1.807, 2.05) is 37.3 Å². The molecule has 0 N–H and O–H groups in total. The number of para-hydroxylation sites is 1. The summed E-state index contributed by atoms with van der Waals surface area (Å²) in [6.45, 7) is 6.50. The number of Topliss-reactive ketones (excluding diaryl/α,β-unsaturated/α-hetero) is 2. The number of carbonyl (C=O) groups is 2. The lowest BCUT2D eigenvalue weighted by Crippen LogP contribution is -2.19. The van der Waals surface area contributed by atoms with E-state index in [0.29, 0.717) is 17.1 Å². The van der Waals surface area contributed by atoms with Crippen LogP contribution in [0.4, 0.5) is 0 Å². The van der Waals surface area contributed by atoms with Crippen molar-refractivity contribution < 1.29 is 9.59 Å². The zero-order chi connectivity index (χ0) is 22.7. The van der Waals surface area contributed by atoms with Gasteiger partial charge in [-0.05, 0) is 37.5 Å². The Kier molecular flexibility index (Phi) is 6.65. The van der Waals surface area contributed by atoms with Crippen LogP contribution in [0, 0.1) is 0 Å². The van der Waals surface area contributed by atoms with Crippen LogP contribution in [0.25, 0.3) is 22.1 Å².